The maximum absolute atomic E-state index is 12.4. The van der Waals surface area contributed by atoms with Gasteiger partial charge in [-0.15, -0.1) is 0 Å². The number of aryl methyl sites for hydroxylation is 1. The van der Waals surface area contributed by atoms with E-state index in [1.807, 2.05) is 18.0 Å². The Morgan fingerprint density at radius 3 is 2.72 bits per heavy atom. The molecule has 0 radical (unpaired) electrons. The predicted octanol–water partition coefficient (Wildman–Crippen LogP) is 2.02. The monoisotopic (exact) mass is 341 g/mol. The van der Waals surface area contributed by atoms with Crippen LogP contribution in [0.25, 0.3) is 0 Å². The van der Waals surface area contributed by atoms with Gasteiger partial charge in [-0.2, -0.15) is 5.10 Å². The van der Waals surface area contributed by atoms with Crippen LogP contribution in [-0.4, -0.2) is 50.3 Å². The van der Waals surface area contributed by atoms with Crippen LogP contribution < -0.4 is 4.74 Å². The van der Waals surface area contributed by atoms with E-state index in [0.29, 0.717) is 30.0 Å². The molecule has 0 N–H and O–H groups in total. The molecule has 7 heteroatoms. The summed E-state index contributed by atoms with van der Waals surface area (Å²) in [5.74, 6) is 1.74. The molecule has 3 heterocycles. The molecule has 2 aliphatic rings. The molecule has 1 aliphatic carbocycles. The number of rotatable bonds is 5. The van der Waals surface area contributed by atoms with E-state index < -0.39 is 0 Å². The minimum Gasteiger partial charge on any atom is -0.477 e. The van der Waals surface area contributed by atoms with Crippen molar-refractivity contribution in [3.05, 3.63) is 36.0 Å². The Morgan fingerprint density at radius 2 is 2.04 bits per heavy atom. The number of hydrogen-bond donors (Lipinski definition) is 0. The van der Waals surface area contributed by atoms with E-state index in [9.17, 15) is 4.79 Å². The van der Waals surface area contributed by atoms with Gasteiger partial charge in [0.15, 0.2) is 0 Å². The van der Waals surface area contributed by atoms with Gasteiger partial charge in [0.2, 0.25) is 5.88 Å². The number of carbonyl (C=O) groups is 1. The van der Waals surface area contributed by atoms with E-state index in [0.717, 1.165) is 31.6 Å². The maximum Gasteiger partial charge on any atom is 0.274 e. The van der Waals surface area contributed by atoms with Gasteiger partial charge in [-0.25, -0.2) is 9.97 Å². The van der Waals surface area contributed by atoms with Crippen molar-refractivity contribution in [1.82, 2.24) is 24.6 Å². The third-order valence-corrected chi connectivity index (χ3v) is 4.96. The van der Waals surface area contributed by atoms with Gasteiger partial charge in [0.05, 0.1) is 12.3 Å². The molecule has 1 saturated carbocycles. The highest BCUT2D eigenvalue weighted by molar-refractivity contribution is 5.92. The first kappa shape index (κ1) is 16.1. The summed E-state index contributed by atoms with van der Waals surface area (Å²) in [5, 5.41) is 4.19. The average molecular weight is 341 g/mol. The van der Waals surface area contributed by atoms with E-state index in [1.165, 1.54) is 12.8 Å². The molecule has 25 heavy (non-hydrogen) atoms. The fourth-order valence-electron chi connectivity index (χ4n) is 3.23. The Morgan fingerprint density at radius 1 is 1.24 bits per heavy atom. The van der Waals surface area contributed by atoms with Gasteiger partial charge in [-0.05, 0) is 37.7 Å². The molecule has 0 spiro atoms. The van der Waals surface area contributed by atoms with E-state index in [1.54, 1.807) is 23.3 Å². The Hall–Kier alpha value is -2.44. The summed E-state index contributed by atoms with van der Waals surface area (Å²) >= 11 is 0. The zero-order valence-corrected chi connectivity index (χ0v) is 14.5. The van der Waals surface area contributed by atoms with Crippen LogP contribution in [0, 0.1) is 5.92 Å². The number of aromatic nitrogens is 4. The molecule has 2 aromatic heterocycles. The van der Waals surface area contributed by atoms with Crippen molar-refractivity contribution in [3.63, 3.8) is 0 Å². The lowest BCUT2D eigenvalue weighted by Crippen LogP contribution is -2.40. The van der Waals surface area contributed by atoms with Crippen molar-refractivity contribution in [2.75, 3.05) is 19.7 Å². The lowest BCUT2D eigenvalue weighted by atomic mass is 9.97. The zero-order valence-electron chi connectivity index (χ0n) is 14.5. The van der Waals surface area contributed by atoms with E-state index in [2.05, 4.69) is 15.1 Å². The SMILES string of the molecule is Cn1ccc(C(=O)N2CCC(COc3cc(C4CC4)ncn3)CC2)n1. The second kappa shape index (κ2) is 6.82. The lowest BCUT2D eigenvalue weighted by Gasteiger charge is -2.31. The fraction of sp³-hybridized carbons (Fsp3) is 0.556. The van der Waals surface area contributed by atoms with E-state index in [-0.39, 0.29) is 5.91 Å². The smallest absolute Gasteiger partial charge is 0.274 e. The molecule has 1 aliphatic heterocycles. The van der Waals surface area contributed by atoms with Crippen LogP contribution in [0.3, 0.4) is 0 Å². The lowest BCUT2D eigenvalue weighted by molar-refractivity contribution is 0.0652. The van der Waals surface area contributed by atoms with Crippen molar-refractivity contribution < 1.29 is 9.53 Å². The summed E-state index contributed by atoms with van der Waals surface area (Å²) in [5.41, 5.74) is 1.62. The summed E-state index contributed by atoms with van der Waals surface area (Å²) < 4.78 is 7.54. The summed E-state index contributed by atoms with van der Waals surface area (Å²) in [6.07, 6.45) is 7.72. The van der Waals surface area contributed by atoms with Crippen LogP contribution in [0.2, 0.25) is 0 Å². The largest absolute Gasteiger partial charge is 0.477 e. The van der Waals surface area contributed by atoms with Crippen molar-refractivity contribution in [3.8, 4) is 5.88 Å². The molecule has 132 valence electrons. The van der Waals surface area contributed by atoms with E-state index >= 15 is 0 Å². The molecule has 0 atom stereocenters. The highest BCUT2D eigenvalue weighted by Gasteiger charge is 2.27. The van der Waals surface area contributed by atoms with E-state index in [4.69, 9.17) is 4.74 Å². The molecular weight excluding hydrogens is 318 g/mol. The second-order valence-corrected chi connectivity index (χ2v) is 6.98. The van der Waals surface area contributed by atoms with Gasteiger partial charge in [-0.1, -0.05) is 0 Å². The quantitative estimate of drug-likeness (QED) is 0.832. The number of likely N-dealkylation sites (tertiary alicyclic amines) is 1. The van der Waals surface area contributed by atoms with Crippen LogP contribution in [0.1, 0.15) is 47.8 Å². The summed E-state index contributed by atoms with van der Waals surface area (Å²) in [6, 6.07) is 3.74. The number of carbonyl (C=O) groups excluding carboxylic acids is 1. The molecule has 0 unspecified atom stereocenters. The highest BCUT2D eigenvalue weighted by Crippen LogP contribution is 2.39. The normalized spacial score (nSPS) is 18.4. The summed E-state index contributed by atoms with van der Waals surface area (Å²) in [7, 11) is 1.82. The Labute approximate surface area is 147 Å². The van der Waals surface area contributed by atoms with Crippen LogP contribution in [0.5, 0.6) is 5.88 Å². The number of ether oxygens (including phenoxy) is 1. The van der Waals surface area contributed by atoms with Crippen molar-refractivity contribution in [2.24, 2.45) is 13.0 Å². The van der Waals surface area contributed by atoms with Gasteiger partial charge in [0, 0.05) is 38.3 Å². The standard InChI is InChI=1S/C18H23N5O2/c1-22-7-6-15(21-22)18(24)23-8-4-13(5-9-23)11-25-17-10-16(14-2-3-14)19-12-20-17/h6-7,10,12-14H,2-5,8-9,11H2,1H3. The van der Waals surface area contributed by atoms with Gasteiger partial charge in [0.1, 0.15) is 12.0 Å². The van der Waals surface area contributed by atoms with Gasteiger partial charge in [-0.3, -0.25) is 9.48 Å². The molecule has 2 fully saturated rings. The third kappa shape index (κ3) is 3.81. The van der Waals surface area contributed by atoms with Gasteiger partial charge >= 0.3 is 0 Å². The topological polar surface area (TPSA) is 73.1 Å². The van der Waals surface area contributed by atoms with Crippen molar-refractivity contribution in [2.45, 2.75) is 31.6 Å². The molecular formula is C18H23N5O2. The zero-order chi connectivity index (χ0) is 17.2. The number of hydrogen-bond acceptors (Lipinski definition) is 5. The minimum atomic E-state index is 0.0184. The van der Waals surface area contributed by atoms with Gasteiger partial charge in [0.25, 0.3) is 5.91 Å². The number of piperidine rings is 1. The molecule has 0 bridgehead atoms. The first-order chi connectivity index (χ1) is 12.2. The third-order valence-electron chi connectivity index (χ3n) is 4.96. The first-order valence-corrected chi connectivity index (χ1v) is 8.92. The average Bonchev–Trinajstić information content (AvgIpc) is 3.41. The summed E-state index contributed by atoms with van der Waals surface area (Å²) in [4.78, 5) is 22.8. The van der Waals surface area contributed by atoms with Crippen LogP contribution in [0.15, 0.2) is 24.7 Å². The van der Waals surface area contributed by atoms with Crippen molar-refractivity contribution in [1.29, 1.82) is 0 Å². The summed E-state index contributed by atoms with van der Waals surface area (Å²) in [6.45, 7) is 2.15. The van der Waals surface area contributed by atoms with Crippen molar-refractivity contribution >= 4 is 5.91 Å². The highest BCUT2D eigenvalue weighted by atomic mass is 16.5. The predicted molar refractivity (Wildman–Crippen MR) is 91.3 cm³/mol. The molecule has 0 aromatic carbocycles. The maximum atomic E-state index is 12.4. The molecule has 4 rings (SSSR count). The van der Waals surface area contributed by atoms with Crippen LogP contribution >= 0.6 is 0 Å². The molecule has 7 nitrogen and oxygen atoms in total. The van der Waals surface area contributed by atoms with Crippen LogP contribution in [0.4, 0.5) is 0 Å². The first-order valence-electron chi connectivity index (χ1n) is 8.92. The Bertz CT molecular complexity index is 747. The molecule has 1 saturated heterocycles. The van der Waals surface area contributed by atoms with Crippen LogP contribution in [-0.2, 0) is 7.05 Å². The second-order valence-electron chi connectivity index (χ2n) is 6.98. The number of nitrogens with zero attached hydrogens (tertiary/aromatic N) is 5. The van der Waals surface area contributed by atoms with Gasteiger partial charge < -0.3 is 9.64 Å². The molecule has 1 amide bonds. The minimum absolute atomic E-state index is 0.0184. The Balaban J connectivity index is 1.26. The molecule has 2 aromatic rings. The Kier molecular flexibility index (Phi) is 4.38. The number of amides is 1. The fourth-order valence-corrected chi connectivity index (χ4v) is 3.23.